The molecule has 0 radical (unpaired) electrons. The van der Waals surface area contributed by atoms with Crippen molar-refractivity contribution in [1.29, 1.82) is 0 Å². The molecule has 3 N–H and O–H groups in total. The van der Waals surface area contributed by atoms with E-state index in [-0.39, 0.29) is 23.1 Å². The number of likely N-dealkylation sites (N-methyl/N-ethyl adjacent to an activating group) is 1. The molecular weight excluding hydrogens is 523 g/mol. The average molecular weight is 554 g/mol. The number of ether oxygens (including phenoxy) is 2. The van der Waals surface area contributed by atoms with E-state index in [2.05, 4.69) is 20.8 Å². The minimum Gasteiger partial charge on any atom is -0.394 e. The number of hydrogen-bond donors (Lipinski definition) is 3. The van der Waals surface area contributed by atoms with Gasteiger partial charge in [-0.2, -0.15) is 0 Å². The van der Waals surface area contributed by atoms with Gasteiger partial charge in [0.15, 0.2) is 17.5 Å². The van der Waals surface area contributed by atoms with E-state index in [1.807, 2.05) is 20.8 Å². The van der Waals surface area contributed by atoms with Gasteiger partial charge < -0.3 is 29.5 Å². The molecule has 11 nitrogen and oxygen atoms in total. The van der Waals surface area contributed by atoms with E-state index < -0.39 is 67.0 Å². The van der Waals surface area contributed by atoms with E-state index >= 15 is 0 Å². The summed E-state index contributed by atoms with van der Waals surface area (Å²) in [6.45, 7) is 4.92. The van der Waals surface area contributed by atoms with Gasteiger partial charge in [0.1, 0.15) is 42.4 Å². The predicted molar refractivity (Wildman–Crippen MR) is 129 cm³/mol. The van der Waals surface area contributed by atoms with Crippen molar-refractivity contribution in [1.82, 2.24) is 25.5 Å². The highest BCUT2D eigenvalue weighted by atomic mass is 19.2. The lowest BCUT2D eigenvalue weighted by molar-refractivity contribution is -0.218. The first kappa shape index (κ1) is 28.7. The molecular formula is C25H30F3N5O6. The largest absolute Gasteiger partial charge is 0.394 e. The molecule has 1 saturated heterocycles. The first-order valence-electron chi connectivity index (χ1n) is 12.2. The Morgan fingerprint density at radius 3 is 2.46 bits per heavy atom. The normalized spacial score (nSPS) is 23.7. The number of halogens is 3. The maximum atomic E-state index is 13.8. The summed E-state index contributed by atoms with van der Waals surface area (Å²) in [7, 11) is 1.43. The summed E-state index contributed by atoms with van der Waals surface area (Å²) in [6.07, 6.45) is -2.91. The van der Waals surface area contributed by atoms with Gasteiger partial charge in [-0.25, -0.2) is 17.9 Å². The van der Waals surface area contributed by atoms with Gasteiger partial charge in [0.25, 0.3) is 0 Å². The molecule has 3 aromatic rings. The van der Waals surface area contributed by atoms with E-state index in [1.165, 1.54) is 17.9 Å². The summed E-state index contributed by atoms with van der Waals surface area (Å²) in [4.78, 5) is 12.0. The standard InChI is InChI=1S/C25H30F3N5O6/c1-25(2,3)19-8-13(31-39-19)7-17-24(37-11-20(35)29-4)22(23(36)18(10-34)38-17)33-9-16(30-32-33)12-5-14(26)21(28)15(27)6-12/h5-6,8-9,17-18,22-24,34,36H,7,10-11H2,1-4H3,(H,29,35)/t17-,18-,22+,23+,24+/m1/s1. The second-order valence-electron chi connectivity index (χ2n) is 10.3. The molecule has 3 heterocycles. The molecule has 4 rings (SSSR count). The Morgan fingerprint density at radius 2 is 1.87 bits per heavy atom. The first-order chi connectivity index (χ1) is 18.4. The van der Waals surface area contributed by atoms with Gasteiger partial charge in [-0.1, -0.05) is 31.1 Å². The molecule has 0 unspecified atom stereocenters. The van der Waals surface area contributed by atoms with Gasteiger partial charge in [-0.15, -0.1) is 5.10 Å². The van der Waals surface area contributed by atoms with Crippen molar-refractivity contribution in [2.24, 2.45) is 0 Å². The summed E-state index contributed by atoms with van der Waals surface area (Å²) in [5.74, 6) is -4.24. The summed E-state index contributed by atoms with van der Waals surface area (Å²) < 4.78 is 59.6. The van der Waals surface area contributed by atoms with Crippen LogP contribution in [-0.4, -0.2) is 80.9 Å². The number of hydrogen-bond acceptors (Lipinski definition) is 9. The number of nitrogens with one attached hydrogen (secondary N) is 1. The molecule has 0 aliphatic carbocycles. The number of rotatable bonds is 8. The molecule has 14 heteroatoms. The SMILES string of the molecule is CNC(=O)CO[C@@H]1[C@@H](n2cc(-c3cc(F)c(F)c(F)c3)nn2)[C@@H](O)[C@@H](CO)O[C@@H]1Cc1cc(C(C)(C)C)on1. The third-order valence-electron chi connectivity index (χ3n) is 6.45. The lowest BCUT2D eigenvalue weighted by atomic mass is 9.89. The Hall–Kier alpha value is -3.33. The lowest BCUT2D eigenvalue weighted by Gasteiger charge is -2.44. The number of amides is 1. The van der Waals surface area contributed by atoms with Gasteiger partial charge in [-0.3, -0.25) is 4.79 Å². The molecule has 39 heavy (non-hydrogen) atoms. The molecule has 212 valence electrons. The van der Waals surface area contributed by atoms with Crippen molar-refractivity contribution in [2.45, 2.75) is 63.1 Å². The summed E-state index contributed by atoms with van der Waals surface area (Å²) in [6, 6.07) is 2.24. The zero-order chi connectivity index (χ0) is 28.5. The van der Waals surface area contributed by atoms with Crippen LogP contribution in [0.4, 0.5) is 13.2 Å². The number of aliphatic hydroxyl groups is 2. The first-order valence-corrected chi connectivity index (χ1v) is 12.2. The Labute approximate surface area is 221 Å². The fourth-order valence-electron chi connectivity index (χ4n) is 4.31. The molecule has 1 aliphatic heterocycles. The summed E-state index contributed by atoms with van der Waals surface area (Å²) in [5.41, 5.74) is 0.104. The van der Waals surface area contributed by atoms with Crippen molar-refractivity contribution in [2.75, 3.05) is 20.3 Å². The lowest BCUT2D eigenvalue weighted by Crippen LogP contribution is -2.57. The Kier molecular flexibility index (Phi) is 8.39. The highest BCUT2D eigenvalue weighted by Crippen LogP contribution is 2.35. The maximum Gasteiger partial charge on any atom is 0.245 e. The molecule has 1 amide bonds. The topological polar surface area (TPSA) is 145 Å². The van der Waals surface area contributed by atoms with Crippen LogP contribution in [0.3, 0.4) is 0 Å². The minimum atomic E-state index is -1.62. The quantitative estimate of drug-likeness (QED) is 0.355. The van der Waals surface area contributed by atoms with Crippen LogP contribution < -0.4 is 5.32 Å². The van der Waals surface area contributed by atoms with Gasteiger partial charge >= 0.3 is 0 Å². The van der Waals surface area contributed by atoms with Crippen LogP contribution in [0, 0.1) is 17.5 Å². The monoisotopic (exact) mass is 553 g/mol. The fraction of sp³-hybridized carbons (Fsp3) is 0.520. The van der Waals surface area contributed by atoms with Gasteiger partial charge in [0.05, 0.1) is 24.6 Å². The average Bonchev–Trinajstić information content (AvgIpc) is 3.56. The molecule has 5 atom stereocenters. The van der Waals surface area contributed by atoms with E-state index in [9.17, 15) is 28.2 Å². The Bertz CT molecular complexity index is 1290. The Morgan fingerprint density at radius 1 is 1.18 bits per heavy atom. The van der Waals surface area contributed by atoms with Crippen LogP contribution in [0.1, 0.15) is 38.3 Å². The molecule has 0 bridgehead atoms. The zero-order valence-corrected chi connectivity index (χ0v) is 21.8. The molecule has 1 fully saturated rings. The summed E-state index contributed by atoms with van der Waals surface area (Å²) in [5, 5.41) is 35.5. The van der Waals surface area contributed by atoms with Gasteiger partial charge in [-0.05, 0) is 12.1 Å². The molecule has 0 spiro atoms. The van der Waals surface area contributed by atoms with Crippen molar-refractivity contribution in [3.63, 3.8) is 0 Å². The minimum absolute atomic E-state index is 0.0139. The van der Waals surface area contributed by atoms with Crippen LogP contribution in [0.15, 0.2) is 28.9 Å². The van der Waals surface area contributed by atoms with Crippen LogP contribution in [-0.2, 0) is 26.1 Å². The number of aliphatic hydroxyl groups excluding tert-OH is 2. The highest BCUT2D eigenvalue weighted by Gasteiger charge is 2.48. The third kappa shape index (κ3) is 6.13. The van der Waals surface area contributed by atoms with Crippen molar-refractivity contribution >= 4 is 5.91 Å². The van der Waals surface area contributed by atoms with Crippen molar-refractivity contribution in [3.8, 4) is 11.3 Å². The number of nitrogens with zero attached hydrogens (tertiary/aromatic N) is 4. The van der Waals surface area contributed by atoms with E-state index in [0.29, 0.717) is 11.5 Å². The molecule has 0 saturated carbocycles. The molecule has 1 aromatic carbocycles. The molecule has 1 aliphatic rings. The fourth-order valence-corrected chi connectivity index (χ4v) is 4.31. The maximum absolute atomic E-state index is 13.8. The number of carbonyl (C=O) groups is 1. The van der Waals surface area contributed by atoms with E-state index in [4.69, 9.17) is 14.0 Å². The number of aromatic nitrogens is 4. The Balaban J connectivity index is 1.70. The summed E-state index contributed by atoms with van der Waals surface area (Å²) >= 11 is 0. The number of carbonyl (C=O) groups excluding carboxylic acids is 1. The van der Waals surface area contributed by atoms with Crippen LogP contribution >= 0.6 is 0 Å². The van der Waals surface area contributed by atoms with E-state index in [1.54, 1.807) is 6.07 Å². The van der Waals surface area contributed by atoms with Gasteiger partial charge in [0, 0.05) is 30.5 Å². The molecule has 2 aromatic heterocycles. The smallest absolute Gasteiger partial charge is 0.245 e. The number of benzene rings is 1. The van der Waals surface area contributed by atoms with Crippen molar-refractivity contribution < 1.29 is 42.2 Å². The predicted octanol–water partition coefficient (Wildman–Crippen LogP) is 1.68. The second kappa shape index (κ2) is 11.4. The van der Waals surface area contributed by atoms with Gasteiger partial charge in [0.2, 0.25) is 5.91 Å². The second-order valence-corrected chi connectivity index (χ2v) is 10.3. The van der Waals surface area contributed by atoms with Crippen LogP contribution in [0.25, 0.3) is 11.3 Å². The van der Waals surface area contributed by atoms with Crippen LogP contribution in [0.5, 0.6) is 0 Å². The third-order valence-corrected chi connectivity index (χ3v) is 6.45. The van der Waals surface area contributed by atoms with Crippen molar-refractivity contribution in [3.05, 3.63) is 53.3 Å². The zero-order valence-electron chi connectivity index (χ0n) is 21.8. The highest BCUT2D eigenvalue weighted by molar-refractivity contribution is 5.76. The van der Waals surface area contributed by atoms with E-state index in [0.717, 1.165) is 12.1 Å². The van der Waals surface area contributed by atoms with Crippen LogP contribution in [0.2, 0.25) is 0 Å².